The van der Waals surface area contributed by atoms with Gasteiger partial charge in [-0.15, -0.1) is 0 Å². The summed E-state index contributed by atoms with van der Waals surface area (Å²) in [5, 5.41) is 3.13. The zero-order valence-electron chi connectivity index (χ0n) is 12.0. The average molecular weight is 293 g/mol. The van der Waals surface area contributed by atoms with Crippen LogP contribution < -0.4 is 10.1 Å². The molecule has 0 radical (unpaired) electrons. The lowest BCUT2D eigenvalue weighted by atomic mass is 10.2. The molecule has 114 valence electrons. The average Bonchev–Trinajstić information content (AvgIpc) is 3.04. The van der Waals surface area contributed by atoms with Crippen molar-refractivity contribution in [3.8, 4) is 5.75 Å². The topological polar surface area (TPSA) is 46.1 Å². The highest BCUT2D eigenvalue weighted by atomic mass is 19.1. The zero-order chi connectivity index (χ0) is 14.5. The van der Waals surface area contributed by atoms with Crippen LogP contribution in [0.1, 0.15) is 5.56 Å². The van der Waals surface area contributed by atoms with E-state index in [9.17, 15) is 4.39 Å². The van der Waals surface area contributed by atoms with Crippen LogP contribution in [-0.2, 0) is 4.74 Å². The van der Waals surface area contributed by atoms with Crippen molar-refractivity contribution < 1.29 is 13.9 Å². The largest absolute Gasteiger partial charge is 0.489 e. The summed E-state index contributed by atoms with van der Waals surface area (Å²) in [4.78, 5) is 6.54. The van der Waals surface area contributed by atoms with E-state index in [-0.39, 0.29) is 5.82 Å². The van der Waals surface area contributed by atoms with Gasteiger partial charge in [-0.3, -0.25) is 9.89 Å². The van der Waals surface area contributed by atoms with E-state index < -0.39 is 0 Å². The number of hydrogen-bond acceptors (Lipinski definition) is 5. The number of nitrogens with one attached hydrogen (secondary N) is 1. The highest BCUT2D eigenvalue weighted by molar-refractivity contribution is 5.99. The molecule has 0 saturated carbocycles. The van der Waals surface area contributed by atoms with E-state index in [2.05, 4.69) is 15.2 Å². The van der Waals surface area contributed by atoms with Crippen molar-refractivity contribution in [2.24, 2.45) is 4.99 Å². The number of rotatable bonds is 5. The smallest absolute Gasteiger partial charge is 0.165 e. The van der Waals surface area contributed by atoms with Crippen LogP contribution in [-0.4, -0.2) is 63.3 Å². The number of ether oxygens (including phenoxy) is 2. The van der Waals surface area contributed by atoms with Gasteiger partial charge in [0.25, 0.3) is 0 Å². The van der Waals surface area contributed by atoms with Gasteiger partial charge >= 0.3 is 0 Å². The van der Waals surface area contributed by atoms with Gasteiger partial charge < -0.3 is 14.8 Å². The number of amidine groups is 1. The molecule has 0 aromatic heterocycles. The van der Waals surface area contributed by atoms with E-state index in [4.69, 9.17) is 9.47 Å². The first-order valence-electron chi connectivity index (χ1n) is 7.34. The fraction of sp³-hybridized carbons (Fsp3) is 0.533. The summed E-state index contributed by atoms with van der Waals surface area (Å²) in [6.45, 7) is 6.18. The Morgan fingerprint density at radius 3 is 2.90 bits per heavy atom. The fourth-order valence-corrected chi connectivity index (χ4v) is 2.47. The molecule has 1 N–H and O–H groups in total. The molecular formula is C15H20FN3O2. The van der Waals surface area contributed by atoms with Gasteiger partial charge in [0.05, 0.1) is 19.8 Å². The summed E-state index contributed by atoms with van der Waals surface area (Å²) in [6.07, 6.45) is 0. The van der Waals surface area contributed by atoms with Crippen molar-refractivity contribution >= 4 is 5.84 Å². The Kier molecular flexibility index (Phi) is 4.67. The number of benzene rings is 1. The van der Waals surface area contributed by atoms with Crippen molar-refractivity contribution in [3.05, 3.63) is 29.6 Å². The molecule has 1 saturated heterocycles. The first-order valence-corrected chi connectivity index (χ1v) is 7.34. The van der Waals surface area contributed by atoms with Crippen LogP contribution in [0.25, 0.3) is 0 Å². The van der Waals surface area contributed by atoms with E-state index >= 15 is 0 Å². The molecule has 2 aliphatic rings. The molecule has 0 atom stereocenters. The molecule has 0 amide bonds. The molecule has 1 fully saturated rings. The second kappa shape index (κ2) is 6.87. The summed E-state index contributed by atoms with van der Waals surface area (Å²) >= 11 is 0. The van der Waals surface area contributed by atoms with E-state index in [0.29, 0.717) is 12.4 Å². The maximum atomic E-state index is 14.0. The fourth-order valence-electron chi connectivity index (χ4n) is 2.47. The van der Waals surface area contributed by atoms with Gasteiger partial charge in [-0.25, -0.2) is 4.39 Å². The second-order valence-corrected chi connectivity index (χ2v) is 5.10. The molecule has 1 aromatic rings. The molecule has 0 unspecified atom stereocenters. The Labute approximate surface area is 123 Å². The summed E-state index contributed by atoms with van der Waals surface area (Å²) < 4.78 is 24.9. The van der Waals surface area contributed by atoms with Gasteiger partial charge in [0, 0.05) is 31.7 Å². The summed E-state index contributed by atoms with van der Waals surface area (Å²) in [5.41, 5.74) is 0.769. The molecule has 0 spiro atoms. The zero-order valence-corrected chi connectivity index (χ0v) is 12.0. The SMILES string of the molecule is Fc1cc(C2=NCCN2)ccc1OCCN1CCOCC1. The Hall–Kier alpha value is -1.66. The molecule has 3 rings (SSSR count). The van der Waals surface area contributed by atoms with Crippen molar-refractivity contribution in [2.75, 3.05) is 52.5 Å². The minimum Gasteiger partial charge on any atom is -0.489 e. The normalized spacial score (nSPS) is 19.2. The van der Waals surface area contributed by atoms with E-state index in [1.807, 2.05) is 6.07 Å². The van der Waals surface area contributed by atoms with Gasteiger partial charge in [-0.2, -0.15) is 0 Å². The summed E-state index contributed by atoms with van der Waals surface area (Å²) in [5.74, 6) is 0.713. The van der Waals surface area contributed by atoms with Gasteiger partial charge in [0.15, 0.2) is 11.6 Å². The number of nitrogens with zero attached hydrogens (tertiary/aromatic N) is 2. The van der Waals surface area contributed by atoms with Crippen molar-refractivity contribution in [1.29, 1.82) is 0 Å². The van der Waals surface area contributed by atoms with Crippen LogP contribution in [0.3, 0.4) is 0 Å². The highest BCUT2D eigenvalue weighted by Crippen LogP contribution is 2.19. The predicted molar refractivity (Wildman–Crippen MR) is 78.6 cm³/mol. The molecule has 0 bridgehead atoms. The first kappa shape index (κ1) is 14.3. The Balaban J connectivity index is 1.53. The molecule has 2 aliphatic heterocycles. The van der Waals surface area contributed by atoms with Crippen LogP contribution >= 0.6 is 0 Å². The van der Waals surface area contributed by atoms with Gasteiger partial charge in [-0.05, 0) is 18.2 Å². The number of aliphatic imine (C=N–C) groups is 1. The van der Waals surface area contributed by atoms with Crippen molar-refractivity contribution in [2.45, 2.75) is 0 Å². The quantitative estimate of drug-likeness (QED) is 0.876. The van der Waals surface area contributed by atoms with Gasteiger partial charge in [0.2, 0.25) is 0 Å². The molecule has 1 aromatic carbocycles. The van der Waals surface area contributed by atoms with Crippen LogP contribution in [0.5, 0.6) is 5.75 Å². The van der Waals surface area contributed by atoms with Crippen molar-refractivity contribution in [3.63, 3.8) is 0 Å². The number of morpholine rings is 1. The lowest BCUT2D eigenvalue weighted by molar-refractivity contribution is 0.0320. The van der Waals surface area contributed by atoms with E-state index in [1.165, 1.54) is 6.07 Å². The Morgan fingerprint density at radius 2 is 2.19 bits per heavy atom. The monoisotopic (exact) mass is 293 g/mol. The number of halogens is 1. The number of hydrogen-bond donors (Lipinski definition) is 1. The van der Waals surface area contributed by atoms with Gasteiger partial charge in [0.1, 0.15) is 12.4 Å². The maximum absolute atomic E-state index is 14.0. The van der Waals surface area contributed by atoms with Crippen LogP contribution in [0.4, 0.5) is 4.39 Å². The predicted octanol–water partition coefficient (Wildman–Crippen LogP) is 0.886. The van der Waals surface area contributed by atoms with Crippen molar-refractivity contribution in [1.82, 2.24) is 10.2 Å². The molecule has 6 heteroatoms. The lowest BCUT2D eigenvalue weighted by Crippen LogP contribution is -2.38. The third kappa shape index (κ3) is 3.71. The van der Waals surface area contributed by atoms with E-state index in [0.717, 1.165) is 57.3 Å². The Bertz CT molecular complexity index is 516. The standard InChI is InChI=1S/C15H20FN3O2/c16-13-11-12(15-17-3-4-18-15)1-2-14(13)21-10-7-19-5-8-20-9-6-19/h1-2,11H,3-10H2,(H,17,18). The van der Waals surface area contributed by atoms with Crippen LogP contribution in [0.2, 0.25) is 0 Å². The molecule has 0 aliphatic carbocycles. The highest BCUT2D eigenvalue weighted by Gasteiger charge is 2.13. The molecule has 5 nitrogen and oxygen atoms in total. The van der Waals surface area contributed by atoms with Crippen LogP contribution in [0, 0.1) is 5.82 Å². The minimum absolute atomic E-state index is 0.297. The summed E-state index contributed by atoms with van der Waals surface area (Å²) in [6, 6.07) is 4.98. The third-order valence-electron chi connectivity index (χ3n) is 3.65. The molecular weight excluding hydrogens is 273 g/mol. The summed E-state index contributed by atoms with van der Waals surface area (Å²) in [7, 11) is 0. The maximum Gasteiger partial charge on any atom is 0.165 e. The van der Waals surface area contributed by atoms with Gasteiger partial charge in [-0.1, -0.05) is 0 Å². The minimum atomic E-state index is -0.342. The second-order valence-electron chi connectivity index (χ2n) is 5.10. The third-order valence-corrected chi connectivity index (χ3v) is 3.65. The first-order chi connectivity index (χ1) is 10.3. The van der Waals surface area contributed by atoms with E-state index in [1.54, 1.807) is 6.07 Å². The lowest BCUT2D eigenvalue weighted by Gasteiger charge is -2.26. The molecule has 2 heterocycles. The van der Waals surface area contributed by atoms with Crippen LogP contribution in [0.15, 0.2) is 23.2 Å². The molecule has 21 heavy (non-hydrogen) atoms. The Morgan fingerprint density at radius 1 is 1.33 bits per heavy atom.